The summed E-state index contributed by atoms with van der Waals surface area (Å²) in [4.78, 5) is 10.2. The van der Waals surface area contributed by atoms with Crippen molar-refractivity contribution in [2.75, 3.05) is 0 Å². The lowest BCUT2D eigenvalue weighted by Crippen LogP contribution is -2.14. The molecule has 0 saturated heterocycles. The Morgan fingerprint density at radius 1 is 0.396 bits per heavy atom. The van der Waals surface area contributed by atoms with Gasteiger partial charge in [-0.15, -0.1) is 0 Å². The van der Waals surface area contributed by atoms with E-state index in [9.17, 15) is 0 Å². The molecule has 0 N–H and O–H groups in total. The average molecular weight is 681 g/mol. The van der Waals surface area contributed by atoms with Crippen LogP contribution in [0.1, 0.15) is 25.0 Å². The quantitative estimate of drug-likeness (QED) is 0.186. The number of rotatable bonds is 4. The van der Waals surface area contributed by atoms with Crippen molar-refractivity contribution < 1.29 is 8.83 Å². The zero-order chi connectivity index (χ0) is 35.3. The molecule has 1 aliphatic rings. The maximum absolute atomic E-state index is 6.48. The third-order valence-corrected chi connectivity index (χ3v) is 11.1. The van der Waals surface area contributed by atoms with E-state index in [0.717, 1.165) is 71.6 Å². The molecule has 0 spiro atoms. The summed E-state index contributed by atoms with van der Waals surface area (Å²) in [5, 5.41) is 4.39. The zero-order valence-corrected chi connectivity index (χ0v) is 29.2. The summed E-state index contributed by atoms with van der Waals surface area (Å²) in [7, 11) is 0. The third-order valence-electron chi connectivity index (χ3n) is 11.1. The highest BCUT2D eigenvalue weighted by Crippen LogP contribution is 2.49. The second-order valence-corrected chi connectivity index (χ2v) is 14.6. The van der Waals surface area contributed by atoms with E-state index in [1.54, 1.807) is 0 Å². The van der Waals surface area contributed by atoms with Crippen LogP contribution >= 0.6 is 0 Å². The second kappa shape index (κ2) is 11.1. The summed E-state index contributed by atoms with van der Waals surface area (Å²) in [5.74, 6) is 1.11. The minimum Gasteiger partial charge on any atom is -0.436 e. The lowest BCUT2D eigenvalue weighted by molar-refractivity contribution is 0.617. The van der Waals surface area contributed by atoms with Crippen LogP contribution in [0.25, 0.3) is 100 Å². The molecule has 4 nitrogen and oxygen atoms in total. The topological polar surface area (TPSA) is 52.1 Å². The summed E-state index contributed by atoms with van der Waals surface area (Å²) in [6.45, 7) is 4.66. The molecule has 10 aromatic rings. The molecule has 1 aliphatic carbocycles. The second-order valence-electron chi connectivity index (χ2n) is 14.6. The van der Waals surface area contributed by atoms with Crippen LogP contribution in [0.3, 0.4) is 0 Å². The number of benzene rings is 8. The molecular formula is C49H32N2O2. The Bertz CT molecular complexity index is 2980. The minimum absolute atomic E-state index is 0.0708. The van der Waals surface area contributed by atoms with Gasteiger partial charge < -0.3 is 8.83 Å². The van der Waals surface area contributed by atoms with E-state index in [4.69, 9.17) is 18.8 Å². The first-order chi connectivity index (χ1) is 26.0. The number of nitrogens with zero attached hydrogens (tertiary/aromatic N) is 2. The van der Waals surface area contributed by atoms with Gasteiger partial charge in [-0.25, -0.2) is 9.97 Å². The van der Waals surface area contributed by atoms with Gasteiger partial charge >= 0.3 is 0 Å². The molecule has 0 radical (unpaired) electrons. The Morgan fingerprint density at radius 2 is 0.906 bits per heavy atom. The maximum atomic E-state index is 6.48. The van der Waals surface area contributed by atoms with Gasteiger partial charge in [-0.1, -0.05) is 129 Å². The van der Waals surface area contributed by atoms with Gasteiger partial charge in [-0.05, 0) is 97.7 Å². The third kappa shape index (κ3) is 4.62. The molecule has 53 heavy (non-hydrogen) atoms. The van der Waals surface area contributed by atoms with Gasteiger partial charge in [0.25, 0.3) is 0 Å². The molecule has 0 fully saturated rings. The van der Waals surface area contributed by atoms with Crippen LogP contribution in [0.4, 0.5) is 0 Å². The van der Waals surface area contributed by atoms with Crippen molar-refractivity contribution >= 4 is 43.7 Å². The van der Waals surface area contributed by atoms with Crippen molar-refractivity contribution in [2.45, 2.75) is 19.3 Å². The number of hydrogen-bond donors (Lipinski definition) is 0. The first-order valence-electron chi connectivity index (χ1n) is 18.1. The number of hydrogen-bond acceptors (Lipinski definition) is 4. The van der Waals surface area contributed by atoms with E-state index in [1.807, 2.05) is 36.4 Å². The molecule has 8 aromatic carbocycles. The largest absolute Gasteiger partial charge is 0.436 e. The SMILES string of the molecule is CC1(C)c2ccccc2-c2ccc(-c3cccc(-c4cc(-c5nc6c(ccc7ccccc76)o5)cc(-c5nc6c(ccc7ccccc76)o5)c4)c3)cc21. The summed E-state index contributed by atoms with van der Waals surface area (Å²) in [6.07, 6.45) is 0. The molecular weight excluding hydrogens is 649 g/mol. The predicted molar refractivity (Wildman–Crippen MR) is 216 cm³/mol. The maximum Gasteiger partial charge on any atom is 0.227 e. The predicted octanol–water partition coefficient (Wildman–Crippen LogP) is 13.2. The van der Waals surface area contributed by atoms with Crippen molar-refractivity contribution in [1.29, 1.82) is 0 Å². The fourth-order valence-electron chi connectivity index (χ4n) is 8.37. The van der Waals surface area contributed by atoms with Crippen LogP contribution in [0.2, 0.25) is 0 Å². The summed E-state index contributed by atoms with van der Waals surface area (Å²) >= 11 is 0. The highest BCUT2D eigenvalue weighted by atomic mass is 16.4. The molecule has 4 heteroatoms. The normalized spacial score (nSPS) is 13.2. The first kappa shape index (κ1) is 29.9. The first-order valence-corrected chi connectivity index (χ1v) is 18.1. The van der Waals surface area contributed by atoms with Crippen molar-refractivity contribution in [1.82, 2.24) is 9.97 Å². The molecule has 2 heterocycles. The Balaban J connectivity index is 1.08. The molecule has 0 unspecified atom stereocenters. The van der Waals surface area contributed by atoms with Gasteiger partial charge in [0.05, 0.1) is 0 Å². The van der Waals surface area contributed by atoms with Crippen molar-refractivity contribution in [3.63, 3.8) is 0 Å². The van der Waals surface area contributed by atoms with Crippen LogP contribution in [0.15, 0.2) is 167 Å². The Labute approximate surface area is 306 Å². The summed E-state index contributed by atoms with van der Waals surface area (Å²) in [5.41, 5.74) is 14.7. The molecule has 11 rings (SSSR count). The smallest absolute Gasteiger partial charge is 0.227 e. The van der Waals surface area contributed by atoms with Gasteiger partial charge in [0.1, 0.15) is 11.0 Å². The Morgan fingerprint density at radius 3 is 1.57 bits per heavy atom. The highest BCUT2D eigenvalue weighted by Gasteiger charge is 2.35. The molecule has 250 valence electrons. The van der Waals surface area contributed by atoms with E-state index in [0.29, 0.717) is 11.8 Å². The van der Waals surface area contributed by atoms with Gasteiger partial charge in [-0.2, -0.15) is 0 Å². The van der Waals surface area contributed by atoms with E-state index >= 15 is 0 Å². The lowest BCUT2D eigenvalue weighted by Gasteiger charge is -2.22. The fraction of sp³-hybridized carbons (Fsp3) is 0.0612. The monoisotopic (exact) mass is 680 g/mol. The number of oxazole rings is 2. The zero-order valence-electron chi connectivity index (χ0n) is 29.2. The fourth-order valence-corrected chi connectivity index (χ4v) is 8.37. The van der Waals surface area contributed by atoms with Crippen molar-refractivity contribution in [2.24, 2.45) is 0 Å². The summed E-state index contributed by atoms with van der Waals surface area (Å²) in [6, 6.07) is 55.6. The van der Waals surface area contributed by atoms with E-state index in [-0.39, 0.29) is 5.41 Å². The molecule has 0 saturated carbocycles. The molecule has 0 bridgehead atoms. The Kier molecular flexibility index (Phi) is 6.27. The average Bonchev–Trinajstić information content (AvgIpc) is 3.92. The molecule has 2 aromatic heterocycles. The van der Waals surface area contributed by atoms with E-state index in [1.165, 1.54) is 27.8 Å². The van der Waals surface area contributed by atoms with Crippen LogP contribution in [0, 0.1) is 0 Å². The number of aromatic nitrogens is 2. The molecule has 0 aliphatic heterocycles. The standard InChI is InChI=1S/C49H32N2O2/c1-49(2)41-17-8-7-16-39(41)40-21-18-33(28-42(40)49)31-12-9-13-32(24-31)34-25-35(47-50-45-37-14-5-3-10-29(37)19-22-43(45)52-47)27-36(26-34)48-51-46-38-15-6-4-11-30(38)20-23-44(46)53-48/h3-28H,1-2H3. The van der Waals surface area contributed by atoms with E-state index in [2.05, 4.69) is 135 Å². The van der Waals surface area contributed by atoms with Gasteiger partial charge in [-0.3, -0.25) is 0 Å². The van der Waals surface area contributed by atoms with Gasteiger partial charge in [0.15, 0.2) is 11.2 Å². The molecule has 0 amide bonds. The highest BCUT2D eigenvalue weighted by molar-refractivity contribution is 6.05. The minimum atomic E-state index is -0.0708. The van der Waals surface area contributed by atoms with Crippen LogP contribution in [-0.2, 0) is 5.41 Å². The molecule has 0 atom stereocenters. The Hall–Kier alpha value is -6.78. The summed E-state index contributed by atoms with van der Waals surface area (Å²) < 4.78 is 13.0. The lowest BCUT2D eigenvalue weighted by atomic mass is 9.81. The van der Waals surface area contributed by atoms with Crippen LogP contribution in [0.5, 0.6) is 0 Å². The van der Waals surface area contributed by atoms with Crippen LogP contribution < -0.4 is 0 Å². The van der Waals surface area contributed by atoms with Gasteiger partial charge in [0, 0.05) is 27.3 Å². The van der Waals surface area contributed by atoms with Crippen molar-refractivity contribution in [3.05, 3.63) is 169 Å². The van der Waals surface area contributed by atoms with Crippen LogP contribution in [-0.4, -0.2) is 9.97 Å². The number of fused-ring (bicyclic) bond motifs is 9. The van der Waals surface area contributed by atoms with E-state index < -0.39 is 0 Å². The van der Waals surface area contributed by atoms with Crippen molar-refractivity contribution in [3.8, 4) is 56.3 Å². The van der Waals surface area contributed by atoms with Gasteiger partial charge in [0.2, 0.25) is 11.8 Å².